The van der Waals surface area contributed by atoms with Gasteiger partial charge in [-0.1, -0.05) is 29.8 Å². The predicted molar refractivity (Wildman–Crippen MR) is 100.0 cm³/mol. The van der Waals surface area contributed by atoms with E-state index in [4.69, 9.17) is 21.1 Å². The van der Waals surface area contributed by atoms with Gasteiger partial charge in [-0.05, 0) is 18.2 Å². The monoisotopic (exact) mass is 410 g/mol. The molecule has 0 aliphatic carbocycles. The highest BCUT2D eigenvalue weighted by Crippen LogP contribution is 2.59. The summed E-state index contributed by atoms with van der Waals surface area (Å²) in [5, 5.41) is 29.3. The SMILES string of the molecule is O=C1OC2(c3ccc(O)cc3Oc3cc(O)c(C(=O)O)c(Cl)c32)c2ccccc21. The molecule has 3 N–H and O–H groups in total. The summed E-state index contributed by atoms with van der Waals surface area (Å²) in [7, 11) is 0. The number of carboxylic acid groups (broad SMARTS) is 1. The van der Waals surface area contributed by atoms with Gasteiger partial charge in [0, 0.05) is 23.3 Å². The first-order valence-corrected chi connectivity index (χ1v) is 8.86. The maximum Gasteiger partial charge on any atom is 0.341 e. The molecule has 1 unspecified atom stereocenters. The molecule has 3 aromatic carbocycles. The minimum Gasteiger partial charge on any atom is -0.508 e. The van der Waals surface area contributed by atoms with Gasteiger partial charge in [-0.15, -0.1) is 0 Å². The van der Waals surface area contributed by atoms with E-state index >= 15 is 0 Å². The highest BCUT2D eigenvalue weighted by molar-refractivity contribution is 6.35. The summed E-state index contributed by atoms with van der Waals surface area (Å²) in [6.07, 6.45) is 0. The number of carbonyl (C=O) groups is 2. The average Bonchev–Trinajstić information content (AvgIpc) is 2.94. The van der Waals surface area contributed by atoms with Crippen molar-refractivity contribution in [3.8, 4) is 23.0 Å². The Hall–Kier alpha value is -3.71. The fourth-order valence-corrected chi connectivity index (χ4v) is 4.37. The summed E-state index contributed by atoms with van der Waals surface area (Å²) in [5.74, 6) is -2.55. The number of esters is 1. The smallest absolute Gasteiger partial charge is 0.341 e. The second kappa shape index (κ2) is 5.65. The number of aromatic hydroxyl groups is 2. The van der Waals surface area contributed by atoms with E-state index in [1.54, 1.807) is 24.3 Å². The van der Waals surface area contributed by atoms with Crippen LogP contribution in [0.4, 0.5) is 0 Å². The van der Waals surface area contributed by atoms with Crippen molar-refractivity contribution in [2.45, 2.75) is 5.60 Å². The second-order valence-electron chi connectivity index (χ2n) is 6.66. The first kappa shape index (κ1) is 17.4. The molecule has 5 rings (SSSR count). The van der Waals surface area contributed by atoms with Gasteiger partial charge in [-0.25, -0.2) is 9.59 Å². The molecule has 1 atom stereocenters. The Morgan fingerprint density at radius 1 is 1.00 bits per heavy atom. The fraction of sp³-hybridized carbons (Fsp3) is 0.0476. The highest BCUT2D eigenvalue weighted by Gasteiger charge is 2.55. The number of hydrogen-bond acceptors (Lipinski definition) is 6. The molecule has 8 heteroatoms. The number of aromatic carboxylic acids is 1. The largest absolute Gasteiger partial charge is 0.508 e. The third-order valence-electron chi connectivity index (χ3n) is 5.11. The molecule has 1 spiro atoms. The molecule has 0 saturated carbocycles. The van der Waals surface area contributed by atoms with Crippen molar-refractivity contribution in [3.63, 3.8) is 0 Å². The number of rotatable bonds is 1. The van der Waals surface area contributed by atoms with Crippen LogP contribution in [0.25, 0.3) is 0 Å². The summed E-state index contributed by atoms with van der Waals surface area (Å²) in [6, 6.07) is 12.0. The zero-order valence-electron chi connectivity index (χ0n) is 14.5. The van der Waals surface area contributed by atoms with E-state index in [0.29, 0.717) is 16.7 Å². The molecule has 29 heavy (non-hydrogen) atoms. The van der Waals surface area contributed by atoms with Crippen LogP contribution >= 0.6 is 11.6 Å². The van der Waals surface area contributed by atoms with Crippen LogP contribution in [0, 0.1) is 0 Å². The number of ether oxygens (including phenoxy) is 2. The zero-order chi connectivity index (χ0) is 20.5. The number of carbonyl (C=O) groups excluding carboxylic acids is 1. The Bertz CT molecular complexity index is 1250. The van der Waals surface area contributed by atoms with Crippen LogP contribution in [-0.2, 0) is 10.3 Å². The summed E-state index contributed by atoms with van der Waals surface area (Å²) in [4.78, 5) is 24.4. The van der Waals surface area contributed by atoms with Crippen molar-refractivity contribution in [2.24, 2.45) is 0 Å². The topological polar surface area (TPSA) is 113 Å². The number of phenolic OH excluding ortho intramolecular Hbond substituents is 1. The summed E-state index contributed by atoms with van der Waals surface area (Å²) >= 11 is 6.45. The number of fused-ring (bicyclic) bond motifs is 6. The van der Waals surface area contributed by atoms with Gasteiger partial charge >= 0.3 is 11.9 Å². The average molecular weight is 411 g/mol. The van der Waals surface area contributed by atoms with Crippen molar-refractivity contribution in [3.05, 3.63) is 81.4 Å². The quantitative estimate of drug-likeness (QED) is 0.519. The molecule has 2 heterocycles. The first-order chi connectivity index (χ1) is 13.8. The Morgan fingerprint density at radius 3 is 2.52 bits per heavy atom. The minimum absolute atomic E-state index is 0.0140. The summed E-state index contributed by atoms with van der Waals surface area (Å²) in [5.41, 5.74) is -0.933. The molecule has 0 saturated heterocycles. The second-order valence-corrected chi connectivity index (χ2v) is 7.04. The number of carboxylic acids is 1. The molecule has 0 aromatic heterocycles. The van der Waals surface area contributed by atoms with E-state index < -0.39 is 28.9 Å². The van der Waals surface area contributed by atoms with Crippen LogP contribution < -0.4 is 4.74 Å². The van der Waals surface area contributed by atoms with E-state index in [1.807, 2.05) is 0 Å². The van der Waals surface area contributed by atoms with E-state index in [2.05, 4.69) is 0 Å². The minimum atomic E-state index is -1.60. The lowest BCUT2D eigenvalue weighted by molar-refractivity contribution is 0.0224. The molecule has 7 nitrogen and oxygen atoms in total. The predicted octanol–water partition coefficient (Wildman–Crippen LogP) is 4.02. The van der Waals surface area contributed by atoms with Gasteiger partial charge in [0.15, 0.2) is 5.60 Å². The molecule has 3 aromatic rings. The van der Waals surface area contributed by atoms with Gasteiger partial charge in [0.05, 0.1) is 16.1 Å². The Balaban J connectivity index is 1.96. The Morgan fingerprint density at radius 2 is 1.76 bits per heavy atom. The maximum absolute atomic E-state index is 12.7. The third kappa shape index (κ3) is 2.13. The third-order valence-corrected chi connectivity index (χ3v) is 5.49. The van der Waals surface area contributed by atoms with E-state index in [0.717, 1.165) is 6.07 Å². The van der Waals surface area contributed by atoms with Gasteiger partial charge in [0.25, 0.3) is 0 Å². The van der Waals surface area contributed by atoms with Crippen LogP contribution in [0.1, 0.15) is 37.4 Å². The molecule has 0 fully saturated rings. The lowest BCUT2D eigenvalue weighted by atomic mass is 9.77. The van der Waals surface area contributed by atoms with Gasteiger partial charge in [-0.2, -0.15) is 0 Å². The lowest BCUT2D eigenvalue weighted by Gasteiger charge is -2.37. The number of benzene rings is 3. The molecule has 0 radical (unpaired) electrons. The van der Waals surface area contributed by atoms with Gasteiger partial charge in [0.1, 0.15) is 28.6 Å². The highest BCUT2D eigenvalue weighted by atomic mass is 35.5. The van der Waals surface area contributed by atoms with Crippen LogP contribution in [0.15, 0.2) is 48.5 Å². The number of hydrogen-bond donors (Lipinski definition) is 3. The number of phenols is 2. The zero-order valence-corrected chi connectivity index (χ0v) is 15.2. The molecule has 2 aliphatic rings. The molecule has 0 amide bonds. The van der Waals surface area contributed by atoms with Gasteiger partial charge in [-0.3, -0.25) is 0 Å². The Kier molecular flexibility index (Phi) is 3.39. The summed E-state index contributed by atoms with van der Waals surface area (Å²) < 4.78 is 11.7. The van der Waals surface area contributed by atoms with Crippen LogP contribution in [0.5, 0.6) is 23.0 Å². The standard InChI is InChI=1S/C21H11ClO7/c22-18-16(19(25)26)13(24)8-15-17(18)21(12-6-5-9(23)7-14(12)28-15)11-4-2-1-3-10(11)20(27)29-21/h1-8,23-24H,(H,25,26). The molecule has 2 aliphatic heterocycles. The van der Waals surface area contributed by atoms with E-state index in [1.165, 1.54) is 18.2 Å². The molecular weight excluding hydrogens is 400 g/mol. The molecular formula is C21H11ClO7. The fourth-order valence-electron chi connectivity index (χ4n) is 3.97. The van der Waals surface area contributed by atoms with Crippen LogP contribution in [0.2, 0.25) is 5.02 Å². The van der Waals surface area contributed by atoms with Gasteiger partial charge in [0.2, 0.25) is 0 Å². The van der Waals surface area contributed by atoms with Crippen molar-refractivity contribution >= 4 is 23.5 Å². The first-order valence-electron chi connectivity index (χ1n) is 8.48. The van der Waals surface area contributed by atoms with Crippen molar-refractivity contribution in [2.75, 3.05) is 0 Å². The normalized spacial score (nSPS) is 18.4. The van der Waals surface area contributed by atoms with E-state index in [9.17, 15) is 24.9 Å². The maximum atomic E-state index is 12.7. The van der Waals surface area contributed by atoms with Crippen molar-refractivity contribution in [1.82, 2.24) is 0 Å². The van der Waals surface area contributed by atoms with Crippen molar-refractivity contribution in [1.29, 1.82) is 0 Å². The van der Waals surface area contributed by atoms with Crippen LogP contribution in [-0.4, -0.2) is 27.3 Å². The van der Waals surface area contributed by atoms with Crippen LogP contribution in [0.3, 0.4) is 0 Å². The molecule has 0 bridgehead atoms. The van der Waals surface area contributed by atoms with Gasteiger partial charge < -0.3 is 24.8 Å². The Labute approximate surface area is 168 Å². The molecule has 144 valence electrons. The van der Waals surface area contributed by atoms with Crippen molar-refractivity contribution < 1.29 is 34.4 Å². The van der Waals surface area contributed by atoms with E-state index in [-0.39, 0.29) is 27.8 Å². The lowest BCUT2D eigenvalue weighted by Crippen LogP contribution is -2.33. The summed E-state index contributed by atoms with van der Waals surface area (Å²) in [6.45, 7) is 0. The number of halogens is 1.